The van der Waals surface area contributed by atoms with E-state index in [2.05, 4.69) is 6.58 Å². The Bertz CT molecular complexity index is 321. The lowest BCUT2D eigenvalue weighted by atomic mass is 10.1. The van der Waals surface area contributed by atoms with Gasteiger partial charge in [-0.1, -0.05) is 24.4 Å². The molecule has 0 aliphatic carbocycles. The smallest absolute Gasteiger partial charge is 0.410 e. The van der Waals surface area contributed by atoms with E-state index in [1.54, 1.807) is 4.90 Å². The molecule has 102 valence electrons. The minimum atomic E-state index is -0.403. The zero-order valence-electron chi connectivity index (χ0n) is 10.5. The van der Waals surface area contributed by atoms with Crippen LogP contribution in [0.3, 0.4) is 0 Å². The molecule has 1 N–H and O–H groups in total. The van der Waals surface area contributed by atoms with Gasteiger partial charge < -0.3 is 14.7 Å². The lowest BCUT2D eigenvalue weighted by Gasteiger charge is -2.22. The minimum Gasteiger partial charge on any atom is -0.445 e. The number of thioether (sulfide) groups is 1. The number of amides is 1. The number of hydrogen-bond donors (Lipinski definition) is 1. The quantitative estimate of drug-likeness (QED) is 0.767. The molecule has 0 aromatic heterocycles. The molecule has 1 amide bonds. The van der Waals surface area contributed by atoms with Crippen LogP contribution in [0, 0.1) is 0 Å². The number of likely N-dealkylation sites (tertiary alicyclic amines) is 1. The molecule has 1 rings (SSSR count). The summed E-state index contributed by atoms with van der Waals surface area (Å²) in [6.45, 7) is 5.69. The molecule has 1 aliphatic heterocycles. The van der Waals surface area contributed by atoms with Crippen LogP contribution in [0.1, 0.15) is 19.8 Å². The van der Waals surface area contributed by atoms with Crippen LogP contribution in [-0.2, 0) is 9.53 Å². The van der Waals surface area contributed by atoms with Gasteiger partial charge in [0.15, 0.2) is 5.12 Å². The minimum absolute atomic E-state index is 0.0212. The number of aliphatic hydroxyl groups excluding tert-OH is 1. The zero-order chi connectivity index (χ0) is 13.5. The van der Waals surface area contributed by atoms with Crippen LogP contribution in [0.2, 0.25) is 0 Å². The van der Waals surface area contributed by atoms with E-state index >= 15 is 0 Å². The molecule has 5 nitrogen and oxygen atoms in total. The van der Waals surface area contributed by atoms with Crippen LogP contribution >= 0.6 is 11.8 Å². The molecule has 18 heavy (non-hydrogen) atoms. The van der Waals surface area contributed by atoms with Crippen molar-refractivity contribution in [1.82, 2.24) is 4.90 Å². The highest BCUT2D eigenvalue weighted by molar-refractivity contribution is 8.14. The van der Waals surface area contributed by atoms with Crippen molar-refractivity contribution in [3.8, 4) is 0 Å². The van der Waals surface area contributed by atoms with Crippen molar-refractivity contribution in [2.75, 3.05) is 19.8 Å². The summed E-state index contributed by atoms with van der Waals surface area (Å²) >= 11 is 1.25. The lowest BCUT2D eigenvalue weighted by Crippen LogP contribution is -2.36. The van der Waals surface area contributed by atoms with E-state index < -0.39 is 6.09 Å². The summed E-state index contributed by atoms with van der Waals surface area (Å²) in [6.07, 6.45) is 2.34. The van der Waals surface area contributed by atoms with Crippen LogP contribution in [-0.4, -0.2) is 52.3 Å². The van der Waals surface area contributed by atoms with E-state index in [-0.39, 0.29) is 29.6 Å². The molecule has 0 spiro atoms. The van der Waals surface area contributed by atoms with Crippen molar-refractivity contribution in [3.63, 3.8) is 0 Å². The van der Waals surface area contributed by atoms with E-state index in [1.807, 2.05) is 0 Å². The van der Waals surface area contributed by atoms with Gasteiger partial charge in [0.05, 0.1) is 0 Å². The third-order valence-corrected chi connectivity index (χ3v) is 3.74. The Morgan fingerprint density at radius 2 is 2.33 bits per heavy atom. The molecular formula is C12H19NO4S. The summed E-state index contributed by atoms with van der Waals surface area (Å²) in [4.78, 5) is 24.5. The Labute approximate surface area is 111 Å². The summed E-state index contributed by atoms with van der Waals surface area (Å²) in [5.41, 5.74) is 0. The Kier molecular flexibility index (Phi) is 6.21. The molecule has 1 heterocycles. The molecule has 1 saturated heterocycles. The normalized spacial score (nSPS) is 22.9. The number of rotatable bonds is 5. The maximum atomic E-state index is 11.8. The Morgan fingerprint density at radius 3 is 2.89 bits per heavy atom. The molecule has 0 saturated carbocycles. The zero-order valence-corrected chi connectivity index (χ0v) is 11.3. The van der Waals surface area contributed by atoms with Gasteiger partial charge in [0.2, 0.25) is 0 Å². The predicted molar refractivity (Wildman–Crippen MR) is 70.4 cm³/mol. The first-order valence-electron chi connectivity index (χ1n) is 5.90. The van der Waals surface area contributed by atoms with Gasteiger partial charge in [-0.25, -0.2) is 4.79 Å². The fraction of sp³-hybridized carbons (Fsp3) is 0.667. The molecule has 0 unspecified atom stereocenters. The fourth-order valence-corrected chi connectivity index (χ4v) is 3.08. The Balaban J connectivity index is 2.59. The topological polar surface area (TPSA) is 66.8 Å². The van der Waals surface area contributed by atoms with Gasteiger partial charge in [-0.3, -0.25) is 4.79 Å². The highest BCUT2D eigenvalue weighted by Gasteiger charge is 2.36. The third-order valence-electron chi connectivity index (χ3n) is 2.73. The van der Waals surface area contributed by atoms with Crippen LogP contribution in [0.15, 0.2) is 12.7 Å². The maximum absolute atomic E-state index is 11.8. The molecule has 0 radical (unpaired) electrons. The van der Waals surface area contributed by atoms with Crippen molar-refractivity contribution in [2.24, 2.45) is 0 Å². The molecule has 2 atom stereocenters. The number of aliphatic hydroxyl groups is 1. The molecule has 0 aromatic carbocycles. The summed E-state index contributed by atoms with van der Waals surface area (Å²) in [7, 11) is 0. The third kappa shape index (κ3) is 4.34. The van der Waals surface area contributed by atoms with Gasteiger partial charge in [-0.2, -0.15) is 0 Å². The van der Waals surface area contributed by atoms with Crippen molar-refractivity contribution in [2.45, 2.75) is 31.1 Å². The van der Waals surface area contributed by atoms with Crippen LogP contribution in [0.25, 0.3) is 0 Å². The summed E-state index contributed by atoms with van der Waals surface area (Å²) < 4.78 is 5.00. The van der Waals surface area contributed by atoms with E-state index in [9.17, 15) is 9.59 Å². The second-order valence-electron chi connectivity index (χ2n) is 4.15. The largest absolute Gasteiger partial charge is 0.445 e. The average Bonchev–Trinajstić information content (AvgIpc) is 2.68. The second kappa shape index (κ2) is 7.43. The van der Waals surface area contributed by atoms with E-state index in [1.165, 1.54) is 24.8 Å². The number of carbonyl (C=O) groups is 2. The second-order valence-corrected chi connectivity index (χ2v) is 5.63. The Morgan fingerprint density at radius 1 is 1.61 bits per heavy atom. The van der Waals surface area contributed by atoms with E-state index in [0.29, 0.717) is 19.4 Å². The number of nitrogens with zero attached hydrogens (tertiary/aromatic N) is 1. The summed E-state index contributed by atoms with van der Waals surface area (Å²) in [5, 5.41) is 9.14. The van der Waals surface area contributed by atoms with Gasteiger partial charge >= 0.3 is 6.09 Å². The van der Waals surface area contributed by atoms with Gasteiger partial charge in [-0.05, 0) is 12.8 Å². The van der Waals surface area contributed by atoms with Gasteiger partial charge in [0.25, 0.3) is 0 Å². The first-order chi connectivity index (χ1) is 8.58. The van der Waals surface area contributed by atoms with Crippen molar-refractivity contribution in [3.05, 3.63) is 12.7 Å². The molecule has 6 heteroatoms. The van der Waals surface area contributed by atoms with Crippen molar-refractivity contribution in [1.29, 1.82) is 0 Å². The highest BCUT2D eigenvalue weighted by atomic mass is 32.2. The SMILES string of the molecule is C=CCOC(=O)N1C[C@@H](SC(C)=O)C[C@@H]1CCO. The summed E-state index contributed by atoms with van der Waals surface area (Å²) in [6, 6.07) is -0.0517. The molecule has 1 fully saturated rings. The average molecular weight is 273 g/mol. The van der Waals surface area contributed by atoms with Gasteiger partial charge in [-0.15, -0.1) is 0 Å². The molecule has 0 aromatic rings. The summed E-state index contributed by atoms with van der Waals surface area (Å²) in [5.74, 6) is 0. The predicted octanol–water partition coefficient (Wildman–Crippen LogP) is 1.41. The first kappa shape index (κ1) is 15.0. The highest BCUT2D eigenvalue weighted by Crippen LogP contribution is 2.30. The number of ether oxygens (including phenoxy) is 1. The standard InChI is InChI=1S/C12H19NO4S/c1-3-6-17-12(16)13-8-11(18-9(2)15)7-10(13)4-5-14/h3,10-11,14H,1,4-8H2,2H3/t10-,11-/m0/s1. The van der Waals surface area contributed by atoms with Crippen LogP contribution in [0.5, 0.6) is 0 Å². The van der Waals surface area contributed by atoms with Crippen molar-refractivity contribution < 1.29 is 19.4 Å². The lowest BCUT2D eigenvalue weighted by molar-refractivity contribution is -0.109. The Hall–Kier alpha value is -1.01. The van der Waals surface area contributed by atoms with Crippen LogP contribution in [0.4, 0.5) is 4.79 Å². The monoisotopic (exact) mass is 273 g/mol. The number of carbonyl (C=O) groups excluding carboxylic acids is 2. The molecule has 1 aliphatic rings. The maximum Gasteiger partial charge on any atom is 0.410 e. The van der Waals surface area contributed by atoms with Gasteiger partial charge in [0, 0.05) is 31.4 Å². The first-order valence-corrected chi connectivity index (χ1v) is 6.78. The van der Waals surface area contributed by atoms with Crippen LogP contribution < -0.4 is 0 Å². The van der Waals surface area contributed by atoms with E-state index in [4.69, 9.17) is 9.84 Å². The van der Waals surface area contributed by atoms with Crippen molar-refractivity contribution >= 4 is 23.0 Å². The van der Waals surface area contributed by atoms with E-state index in [0.717, 1.165) is 0 Å². The number of hydrogen-bond acceptors (Lipinski definition) is 5. The molecule has 0 bridgehead atoms. The molecular weight excluding hydrogens is 254 g/mol. The van der Waals surface area contributed by atoms with Gasteiger partial charge in [0.1, 0.15) is 6.61 Å². The fourth-order valence-electron chi connectivity index (χ4n) is 2.05.